The third-order valence-corrected chi connectivity index (χ3v) is 7.41. The number of ether oxygens (including phenoxy) is 3. The highest BCUT2D eigenvalue weighted by Gasteiger charge is 2.33. The molecule has 1 saturated heterocycles. The number of fused-ring (bicyclic) bond motifs is 1. The average molecular weight is 479 g/mol. The minimum absolute atomic E-state index is 0.149. The van der Waals surface area contributed by atoms with Crippen molar-refractivity contribution in [2.24, 2.45) is 11.3 Å². The zero-order chi connectivity index (χ0) is 24.4. The van der Waals surface area contributed by atoms with Crippen molar-refractivity contribution >= 4 is 11.9 Å². The molecule has 2 fully saturated rings. The first-order chi connectivity index (χ1) is 16.9. The molecule has 1 saturated carbocycles. The maximum absolute atomic E-state index is 9.70. The Kier molecular flexibility index (Phi) is 6.65. The monoisotopic (exact) mass is 478 g/mol. The Bertz CT molecular complexity index is 1080. The second kappa shape index (κ2) is 9.86. The summed E-state index contributed by atoms with van der Waals surface area (Å²) in [7, 11) is 0. The summed E-state index contributed by atoms with van der Waals surface area (Å²) in [6.45, 7) is 10.5. The van der Waals surface area contributed by atoms with Crippen LogP contribution >= 0.6 is 0 Å². The molecule has 0 bridgehead atoms. The number of hydrogen-bond donors (Lipinski definition) is 0. The number of rotatable bonds is 5. The minimum atomic E-state index is 0.149. The average Bonchev–Trinajstić information content (AvgIpc) is 3.35. The van der Waals surface area contributed by atoms with Gasteiger partial charge in [0.25, 0.3) is 0 Å². The van der Waals surface area contributed by atoms with E-state index in [0.29, 0.717) is 56.1 Å². The van der Waals surface area contributed by atoms with E-state index in [1.54, 1.807) is 0 Å². The van der Waals surface area contributed by atoms with E-state index in [4.69, 9.17) is 19.2 Å². The maximum atomic E-state index is 9.70. The van der Waals surface area contributed by atoms with E-state index in [1.807, 2.05) is 12.1 Å². The normalized spacial score (nSPS) is 22.1. The molecule has 2 aromatic rings. The number of anilines is 2. The van der Waals surface area contributed by atoms with E-state index in [2.05, 4.69) is 52.7 Å². The lowest BCUT2D eigenvalue weighted by molar-refractivity contribution is 0.122. The van der Waals surface area contributed by atoms with Crippen LogP contribution in [0.4, 0.5) is 11.9 Å². The molecule has 9 nitrogen and oxygen atoms in total. The fourth-order valence-electron chi connectivity index (χ4n) is 5.29. The third kappa shape index (κ3) is 5.27. The summed E-state index contributed by atoms with van der Waals surface area (Å²) in [5, 5.41) is 9.70. The molecule has 0 amide bonds. The predicted octanol–water partition coefficient (Wildman–Crippen LogP) is 3.92. The largest absolute Gasteiger partial charge is 0.454 e. The zero-order valence-electron chi connectivity index (χ0n) is 20.9. The van der Waals surface area contributed by atoms with Crippen LogP contribution < -0.4 is 19.3 Å². The van der Waals surface area contributed by atoms with Gasteiger partial charge in [-0.15, -0.1) is 0 Å². The summed E-state index contributed by atoms with van der Waals surface area (Å²) in [4.78, 5) is 18.2. The summed E-state index contributed by atoms with van der Waals surface area (Å²) in [6, 6.07) is 8.49. The minimum Gasteiger partial charge on any atom is -0.454 e. The van der Waals surface area contributed by atoms with Crippen molar-refractivity contribution < 1.29 is 14.2 Å². The Balaban J connectivity index is 1.46. The molecule has 0 atom stereocenters. The van der Waals surface area contributed by atoms with Crippen LogP contribution in [0.25, 0.3) is 0 Å². The van der Waals surface area contributed by atoms with Crippen molar-refractivity contribution in [3.05, 3.63) is 29.6 Å². The van der Waals surface area contributed by atoms with E-state index in [-0.39, 0.29) is 18.7 Å². The van der Waals surface area contributed by atoms with E-state index >= 15 is 0 Å². The first kappa shape index (κ1) is 23.6. The van der Waals surface area contributed by atoms with Gasteiger partial charge in [-0.1, -0.05) is 26.8 Å². The van der Waals surface area contributed by atoms with Crippen molar-refractivity contribution in [2.45, 2.75) is 59.0 Å². The van der Waals surface area contributed by atoms with Crippen molar-refractivity contribution in [3.8, 4) is 17.6 Å². The van der Waals surface area contributed by atoms with Crippen LogP contribution in [-0.2, 0) is 11.3 Å². The molecule has 0 radical (unpaired) electrons. The standard InChI is InChI=1S/C26H34N6O3/c1-26(2,3)19-5-7-20(8-6-19)32(16-18-4-9-21-22(14-18)35-17-34-21)25-29-23(15-27)28-24(30-25)31-10-12-33-13-11-31/h4,9,14,19-20H,5-8,10-13,16-17H2,1-3H3. The fraction of sp³-hybridized carbons (Fsp3) is 0.615. The van der Waals surface area contributed by atoms with Crippen LogP contribution in [-0.4, -0.2) is 54.1 Å². The van der Waals surface area contributed by atoms with Crippen LogP contribution in [0.5, 0.6) is 11.5 Å². The molecule has 0 spiro atoms. The van der Waals surface area contributed by atoms with Crippen LogP contribution in [0.2, 0.25) is 0 Å². The Morgan fingerprint density at radius 3 is 2.49 bits per heavy atom. The SMILES string of the molecule is CC(C)(C)C1CCC(N(Cc2ccc3c(c2)OCO3)c2nc(C#N)nc(N3CCOCC3)n2)CC1. The molecule has 0 N–H and O–H groups in total. The van der Waals surface area contributed by atoms with Gasteiger partial charge in [0, 0.05) is 25.7 Å². The van der Waals surface area contributed by atoms with Crippen molar-refractivity contribution in [3.63, 3.8) is 0 Å². The Labute approximate surface area is 207 Å². The summed E-state index contributed by atoms with van der Waals surface area (Å²) in [6.07, 6.45) is 4.45. The smallest absolute Gasteiger partial charge is 0.238 e. The van der Waals surface area contributed by atoms with Gasteiger partial charge in [0.15, 0.2) is 11.5 Å². The molecule has 5 rings (SSSR count). The maximum Gasteiger partial charge on any atom is 0.238 e. The van der Waals surface area contributed by atoms with Gasteiger partial charge in [-0.3, -0.25) is 0 Å². The lowest BCUT2D eigenvalue weighted by atomic mass is 9.71. The highest BCUT2D eigenvalue weighted by molar-refractivity contribution is 5.47. The highest BCUT2D eigenvalue weighted by atomic mass is 16.7. The summed E-state index contributed by atoms with van der Waals surface area (Å²) < 4.78 is 16.6. The molecule has 186 valence electrons. The molecule has 1 aromatic carbocycles. The first-order valence-corrected chi connectivity index (χ1v) is 12.5. The molecule has 35 heavy (non-hydrogen) atoms. The van der Waals surface area contributed by atoms with E-state index in [1.165, 1.54) is 0 Å². The predicted molar refractivity (Wildman–Crippen MR) is 132 cm³/mol. The Morgan fingerprint density at radius 1 is 1.03 bits per heavy atom. The number of hydrogen-bond acceptors (Lipinski definition) is 9. The van der Waals surface area contributed by atoms with E-state index in [9.17, 15) is 5.26 Å². The molecule has 3 heterocycles. The summed E-state index contributed by atoms with van der Waals surface area (Å²) in [5.41, 5.74) is 1.40. The molecule has 1 aliphatic carbocycles. The first-order valence-electron chi connectivity index (χ1n) is 12.5. The summed E-state index contributed by atoms with van der Waals surface area (Å²) in [5.74, 6) is 3.50. The van der Waals surface area contributed by atoms with Crippen molar-refractivity contribution in [1.82, 2.24) is 15.0 Å². The topological polar surface area (TPSA) is 96.6 Å². The molecule has 3 aliphatic rings. The number of benzene rings is 1. The number of nitrogens with zero attached hydrogens (tertiary/aromatic N) is 6. The van der Waals surface area contributed by atoms with Gasteiger partial charge >= 0.3 is 0 Å². The van der Waals surface area contributed by atoms with Crippen LogP contribution in [0.15, 0.2) is 18.2 Å². The van der Waals surface area contributed by atoms with Gasteiger partial charge in [-0.2, -0.15) is 20.2 Å². The fourth-order valence-corrected chi connectivity index (χ4v) is 5.29. The van der Waals surface area contributed by atoms with Crippen LogP contribution in [0.3, 0.4) is 0 Å². The quantitative estimate of drug-likeness (QED) is 0.633. The molecule has 0 unspecified atom stereocenters. The Hall–Kier alpha value is -3.12. The lowest BCUT2D eigenvalue weighted by Crippen LogP contribution is -2.42. The van der Waals surface area contributed by atoms with Gasteiger partial charge in [0.05, 0.1) is 13.2 Å². The highest BCUT2D eigenvalue weighted by Crippen LogP contribution is 2.40. The second-order valence-electron chi connectivity index (χ2n) is 10.7. The van der Waals surface area contributed by atoms with Crippen LogP contribution in [0.1, 0.15) is 57.8 Å². The van der Waals surface area contributed by atoms with Gasteiger partial charge in [-0.25, -0.2) is 0 Å². The zero-order valence-corrected chi connectivity index (χ0v) is 20.9. The summed E-state index contributed by atoms with van der Waals surface area (Å²) >= 11 is 0. The molecule has 2 aliphatic heterocycles. The third-order valence-electron chi connectivity index (χ3n) is 7.41. The van der Waals surface area contributed by atoms with Gasteiger partial charge < -0.3 is 24.0 Å². The number of nitriles is 1. The van der Waals surface area contributed by atoms with Crippen LogP contribution in [0, 0.1) is 22.7 Å². The molecular formula is C26H34N6O3. The molecular weight excluding hydrogens is 444 g/mol. The van der Waals surface area contributed by atoms with E-state index < -0.39 is 0 Å². The van der Waals surface area contributed by atoms with Gasteiger partial charge in [0.2, 0.25) is 24.5 Å². The number of aromatic nitrogens is 3. The van der Waals surface area contributed by atoms with E-state index in [0.717, 1.165) is 42.7 Å². The number of morpholine rings is 1. The van der Waals surface area contributed by atoms with Gasteiger partial charge in [0.1, 0.15) is 6.07 Å². The van der Waals surface area contributed by atoms with Gasteiger partial charge in [-0.05, 0) is 54.7 Å². The molecule has 9 heteroatoms. The van der Waals surface area contributed by atoms with Crippen molar-refractivity contribution in [2.75, 3.05) is 42.9 Å². The Morgan fingerprint density at radius 2 is 1.77 bits per heavy atom. The molecule has 1 aromatic heterocycles. The lowest BCUT2D eigenvalue weighted by Gasteiger charge is -2.41. The second-order valence-corrected chi connectivity index (χ2v) is 10.7. The van der Waals surface area contributed by atoms with Crippen molar-refractivity contribution in [1.29, 1.82) is 5.26 Å².